The zero-order valence-corrected chi connectivity index (χ0v) is 12.1. The van der Waals surface area contributed by atoms with Gasteiger partial charge in [-0.3, -0.25) is 0 Å². The molecule has 0 saturated carbocycles. The second-order valence-electron chi connectivity index (χ2n) is 4.78. The van der Waals surface area contributed by atoms with Gasteiger partial charge in [0.05, 0.1) is 7.11 Å². The molecule has 20 heavy (non-hydrogen) atoms. The van der Waals surface area contributed by atoms with E-state index in [9.17, 15) is 0 Å². The third-order valence-electron chi connectivity index (χ3n) is 2.81. The van der Waals surface area contributed by atoms with Crippen LogP contribution in [0.3, 0.4) is 0 Å². The first-order valence-electron chi connectivity index (χ1n) is 6.68. The number of pyridine rings is 1. The Balaban J connectivity index is 2.15. The fourth-order valence-electron chi connectivity index (χ4n) is 1.74. The predicted molar refractivity (Wildman–Crippen MR) is 79.3 cm³/mol. The van der Waals surface area contributed by atoms with Crippen LogP contribution in [-0.4, -0.2) is 18.1 Å². The first-order valence-corrected chi connectivity index (χ1v) is 6.68. The summed E-state index contributed by atoms with van der Waals surface area (Å²) in [5, 5.41) is 3.37. The lowest BCUT2D eigenvalue weighted by Gasteiger charge is -2.12. The Kier molecular flexibility index (Phi) is 4.96. The lowest BCUT2D eigenvalue weighted by atomic mass is 10.2. The molecule has 0 aliphatic rings. The van der Waals surface area contributed by atoms with Crippen LogP contribution in [0, 0.1) is 0 Å². The highest BCUT2D eigenvalue weighted by atomic mass is 16.5. The van der Waals surface area contributed by atoms with E-state index in [4.69, 9.17) is 9.47 Å². The van der Waals surface area contributed by atoms with Crippen molar-refractivity contribution in [2.45, 2.75) is 26.4 Å². The quantitative estimate of drug-likeness (QED) is 0.875. The van der Waals surface area contributed by atoms with Crippen LogP contribution in [-0.2, 0) is 6.54 Å². The number of methoxy groups -OCH3 is 1. The van der Waals surface area contributed by atoms with Gasteiger partial charge in [-0.1, -0.05) is 26.0 Å². The minimum absolute atomic E-state index is 0.417. The second kappa shape index (κ2) is 6.91. The Bertz CT molecular complexity index is 556. The molecule has 106 valence electrons. The summed E-state index contributed by atoms with van der Waals surface area (Å²) in [5.41, 5.74) is 1.03. The zero-order chi connectivity index (χ0) is 14.4. The molecule has 0 fully saturated rings. The van der Waals surface area contributed by atoms with Crippen LogP contribution in [0.5, 0.6) is 17.4 Å². The summed E-state index contributed by atoms with van der Waals surface area (Å²) in [6, 6.07) is 11.8. The van der Waals surface area contributed by atoms with Crippen LogP contribution < -0.4 is 14.8 Å². The number of hydrogen-bond donors (Lipinski definition) is 1. The molecular weight excluding hydrogens is 252 g/mol. The van der Waals surface area contributed by atoms with Gasteiger partial charge in [-0.2, -0.15) is 0 Å². The van der Waals surface area contributed by atoms with Crippen molar-refractivity contribution in [3.63, 3.8) is 0 Å². The molecule has 0 bridgehead atoms. The van der Waals surface area contributed by atoms with Crippen molar-refractivity contribution in [1.29, 1.82) is 0 Å². The van der Waals surface area contributed by atoms with Crippen LogP contribution >= 0.6 is 0 Å². The van der Waals surface area contributed by atoms with Gasteiger partial charge in [-0.05, 0) is 18.2 Å². The van der Waals surface area contributed by atoms with Crippen LogP contribution in [0.1, 0.15) is 19.4 Å². The molecule has 2 rings (SSSR count). The summed E-state index contributed by atoms with van der Waals surface area (Å²) in [6.45, 7) is 4.95. The molecule has 1 aromatic heterocycles. The van der Waals surface area contributed by atoms with Gasteiger partial charge in [-0.25, -0.2) is 4.98 Å². The highest BCUT2D eigenvalue weighted by molar-refractivity contribution is 5.37. The molecule has 4 heteroatoms. The smallest absolute Gasteiger partial charge is 0.223 e. The van der Waals surface area contributed by atoms with E-state index in [-0.39, 0.29) is 0 Å². The SMILES string of the molecule is COc1cccc(Oc2ncccc2CNC(C)C)c1. The maximum atomic E-state index is 5.85. The number of nitrogens with zero attached hydrogens (tertiary/aromatic N) is 1. The summed E-state index contributed by atoms with van der Waals surface area (Å²) < 4.78 is 11.0. The molecule has 0 unspecified atom stereocenters. The lowest BCUT2D eigenvalue weighted by Crippen LogP contribution is -2.22. The van der Waals surface area contributed by atoms with E-state index in [0.717, 1.165) is 17.9 Å². The Labute approximate surface area is 119 Å². The number of aromatic nitrogens is 1. The third kappa shape index (κ3) is 3.96. The van der Waals surface area contributed by atoms with Crippen molar-refractivity contribution in [2.75, 3.05) is 7.11 Å². The van der Waals surface area contributed by atoms with Gasteiger partial charge in [0.15, 0.2) is 0 Å². The summed E-state index contributed by atoms with van der Waals surface area (Å²) in [7, 11) is 1.64. The van der Waals surface area contributed by atoms with Crippen LogP contribution in [0.2, 0.25) is 0 Å². The molecule has 1 heterocycles. The monoisotopic (exact) mass is 272 g/mol. The van der Waals surface area contributed by atoms with E-state index in [1.54, 1.807) is 13.3 Å². The summed E-state index contributed by atoms with van der Waals surface area (Å²) >= 11 is 0. The van der Waals surface area contributed by atoms with E-state index in [0.29, 0.717) is 17.7 Å². The van der Waals surface area contributed by atoms with Gasteiger partial charge in [0.2, 0.25) is 5.88 Å². The molecule has 0 atom stereocenters. The number of hydrogen-bond acceptors (Lipinski definition) is 4. The molecule has 0 spiro atoms. The number of ether oxygens (including phenoxy) is 2. The Morgan fingerprint density at radius 3 is 2.70 bits per heavy atom. The van der Waals surface area contributed by atoms with Crippen molar-refractivity contribution >= 4 is 0 Å². The normalized spacial score (nSPS) is 10.6. The Morgan fingerprint density at radius 2 is 1.95 bits per heavy atom. The van der Waals surface area contributed by atoms with E-state index in [1.165, 1.54) is 0 Å². The average molecular weight is 272 g/mol. The van der Waals surface area contributed by atoms with Crippen molar-refractivity contribution in [3.8, 4) is 17.4 Å². The van der Waals surface area contributed by atoms with Gasteiger partial charge in [0.1, 0.15) is 11.5 Å². The lowest BCUT2D eigenvalue weighted by molar-refractivity contribution is 0.406. The predicted octanol–water partition coefficient (Wildman–Crippen LogP) is 3.38. The molecule has 2 aromatic rings. The highest BCUT2D eigenvalue weighted by Gasteiger charge is 2.07. The molecule has 1 N–H and O–H groups in total. The van der Waals surface area contributed by atoms with E-state index in [1.807, 2.05) is 36.4 Å². The first kappa shape index (κ1) is 14.3. The van der Waals surface area contributed by atoms with Crippen molar-refractivity contribution < 1.29 is 9.47 Å². The van der Waals surface area contributed by atoms with Gasteiger partial charge in [0, 0.05) is 30.4 Å². The van der Waals surface area contributed by atoms with Gasteiger partial charge in [0.25, 0.3) is 0 Å². The van der Waals surface area contributed by atoms with Crippen LogP contribution in [0.15, 0.2) is 42.6 Å². The second-order valence-corrected chi connectivity index (χ2v) is 4.78. The molecular formula is C16H20N2O2. The zero-order valence-electron chi connectivity index (χ0n) is 12.1. The summed E-state index contributed by atoms with van der Waals surface area (Å²) in [4.78, 5) is 4.30. The maximum Gasteiger partial charge on any atom is 0.223 e. The largest absolute Gasteiger partial charge is 0.497 e. The first-order chi connectivity index (χ1) is 9.69. The minimum Gasteiger partial charge on any atom is -0.497 e. The summed E-state index contributed by atoms with van der Waals surface area (Å²) in [5.74, 6) is 2.10. The third-order valence-corrected chi connectivity index (χ3v) is 2.81. The van der Waals surface area contributed by atoms with Crippen LogP contribution in [0.25, 0.3) is 0 Å². The van der Waals surface area contributed by atoms with E-state index >= 15 is 0 Å². The fourth-order valence-corrected chi connectivity index (χ4v) is 1.74. The average Bonchev–Trinajstić information content (AvgIpc) is 2.46. The van der Waals surface area contributed by atoms with Crippen molar-refractivity contribution in [1.82, 2.24) is 10.3 Å². The van der Waals surface area contributed by atoms with Crippen molar-refractivity contribution in [3.05, 3.63) is 48.2 Å². The summed E-state index contributed by atoms with van der Waals surface area (Å²) in [6.07, 6.45) is 1.73. The topological polar surface area (TPSA) is 43.4 Å². The van der Waals surface area contributed by atoms with Crippen molar-refractivity contribution in [2.24, 2.45) is 0 Å². The number of benzene rings is 1. The van der Waals surface area contributed by atoms with E-state index in [2.05, 4.69) is 24.1 Å². The minimum atomic E-state index is 0.417. The van der Waals surface area contributed by atoms with Gasteiger partial charge in [-0.15, -0.1) is 0 Å². The number of rotatable bonds is 6. The highest BCUT2D eigenvalue weighted by Crippen LogP contribution is 2.26. The molecule has 0 radical (unpaired) electrons. The Morgan fingerprint density at radius 1 is 1.15 bits per heavy atom. The maximum absolute atomic E-state index is 5.85. The van der Waals surface area contributed by atoms with E-state index < -0.39 is 0 Å². The fraction of sp³-hybridized carbons (Fsp3) is 0.312. The standard InChI is InChI=1S/C16H20N2O2/c1-12(2)18-11-13-6-5-9-17-16(13)20-15-8-4-7-14(10-15)19-3/h4-10,12,18H,11H2,1-3H3. The molecule has 4 nitrogen and oxygen atoms in total. The number of nitrogens with one attached hydrogen (secondary N) is 1. The van der Waals surface area contributed by atoms with Gasteiger partial charge < -0.3 is 14.8 Å². The molecule has 0 aliphatic heterocycles. The Hall–Kier alpha value is -2.07. The molecule has 0 aliphatic carbocycles. The molecule has 0 amide bonds. The molecule has 0 saturated heterocycles. The van der Waals surface area contributed by atoms with Crippen LogP contribution in [0.4, 0.5) is 0 Å². The molecule has 1 aromatic carbocycles. The van der Waals surface area contributed by atoms with Gasteiger partial charge >= 0.3 is 0 Å².